The first kappa shape index (κ1) is 13.3. The fourth-order valence-electron chi connectivity index (χ4n) is 1.16. The summed E-state index contributed by atoms with van der Waals surface area (Å²) in [5.74, 6) is 5.24. The summed E-state index contributed by atoms with van der Waals surface area (Å²) in [6.07, 6.45) is 0.786. The van der Waals surface area contributed by atoms with E-state index in [9.17, 15) is 4.79 Å². The smallest absolute Gasteiger partial charge is 0.321 e. The van der Waals surface area contributed by atoms with E-state index < -0.39 is 0 Å². The van der Waals surface area contributed by atoms with Crippen molar-refractivity contribution in [1.29, 1.82) is 0 Å². The lowest BCUT2D eigenvalue weighted by atomic mass is 10.1. The highest BCUT2D eigenvalue weighted by molar-refractivity contribution is 5.75. The molecule has 0 aliphatic carbocycles. The highest BCUT2D eigenvalue weighted by Gasteiger charge is 2.13. The van der Waals surface area contributed by atoms with Gasteiger partial charge in [-0.2, -0.15) is 0 Å². The molecular weight excluding hydrogens is 212 g/mol. The van der Waals surface area contributed by atoms with Crippen LogP contribution >= 0.6 is 0 Å². The maximum absolute atomic E-state index is 11.6. The lowest BCUT2D eigenvalue weighted by Crippen LogP contribution is -2.19. The van der Waals surface area contributed by atoms with E-state index in [0.29, 0.717) is 0 Å². The topological polar surface area (TPSA) is 26.3 Å². The third kappa shape index (κ3) is 4.74. The Morgan fingerprint density at radius 3 is 2.53 bits per heavy atom. The molecule has 1 aromatic carbocycles. The fraction of sp³-hybridized carbons (Fsp3) is 0.400. The Morgan fingerprint density at radius 2 is 1.94 bits per heavy atom. The predicted molar refractivity (Wildman–Crippen MR) is 68.3 cm³/mol. The summed E-state index contributed by atoms with van der Waals surface area (Å²) in [6.45, 7) is 5.63. The molecule has 2 nitrogen and oxygen atoms in total. The molecular formula is C15H18O2. The lowest BCUT2D eigenvalue weighted by molar-refractivity contribution is -0.150. The van der Waals surface area contributed by atoms with Gasteiger partial charge in [-0.15, -0.1) is 0 Å². The molecule has 0 saturated carbocycles. The Hall–Kier alpha value is -1.75. The van der Waals surface area contributed by atoms with Gasteiger partial charge in [-0.25, -0.2) is 0 Å². The molecule has 0 radical (unpaired) electrons. The van der Waals surface area contributed by atoms with Crippen LogP contribution in [0, 0.1) is 17.8 Å². The summed E-state index contributed by atoms with van der Waals surface area (Å²) < 4.78 is 5.21. The van der Waals surface area contributed by atoms with Crippen molar-refractivity contribution in [1.82, 2.24) is 0 Å². The van der Waals surface area contributed by atoms with Crippen LogP contribution < -0.4 is 0 Å². The molecule has 90 valence electrons. The van der Waals surface area contributed by atoms with Crippen LogP contribution in [0.4, 0.5) is 0 Å². The summed E-state index contributed by atoms with van der Waals surface area (Å²) in [4.78, 5) is 11.6. The number of carbonyl (C=O) groups is 1. The summed E-state index contributed by atoms with van der Waals surface area (Å²) in [5, 5.41) is 0. The van der Waals surface area contributed by atoms with Crippen molar-refractivity contribution in [3.05, 3.63) is 35.9 Å². The minimum atomic E-state index is -0.385. The number of hydrogen-bond donors (Lipinski definition) is 0. The van der Waals surface area contributed by atoms with Crippen molar-refractivity contribution in [2.24, 2.45) is 5.92 Å². The van der Waals surface area contributed by atoms with E-state index in [1.54, 1.807) is 6.92 Å². The molecule has 0 amide bonds. The zero-order valence-electron chi connectivity index (χ0n) is 10.6. The van der Waals surface area contributed by atoms with Crippen molar-refractivity contribution in [2.75, 3.05) is 0 Å². The summed E-state index contributed by atoms with van der Waals surface area (Å²) in [6, 6.07) is 9.61. The van der Waals surface area contributed by atoms with Crippen molar-refractivity contribution in [3.63, 3.8) is 0 Å². The molecule has 0 aliphatic rings. The van der Waals surface area contributed by atoms with Crippen LogP contribution in [0.5, 0.6) is 0 Å². The molecule has 0 fully saturated rings. The number of hydrogen-bond acceptors (Lipinski definition) is 2. The van der Waals surface area contributed by atoms with Crippen LogP contribution in [0.15, 0.2) is 30.3 Å². The van der Waals surface area contributed by atoms with Crippen LogP contribution in [-0.2, 0) is 9.53 Å². The zero-order chi connectivity index (χ0) is 12.7. The molecule has 2 unspecified atom stereocenters. The first-order valence-electron chi connectivity index (χ1n) is 5.90. The molecule has 0 aromatic heterocycles. The van der Waals surface area contributed by atoms with E-state index in [-0.39, 0.29) is 18.0 Å². The maximum atomic E-state index is 11.6. The van der Waals surface area contributed by atoms with Gasteiger partial charge in [0.05, 0.1) is 6.10 Å². The Labute approximate surface area is 103 Å². The van der Waals surface area contributed by atoms with Crippen LogP contribution in [0.2, 0.25) is 0 Å². The monoisotopic (exact) mass is 230 g/mol. The largest absolute Gasteiger partial charge is 0.462 e. The average Bonchev–Trinajstić information content (AvgIpc) is 2.36. The minimum Gasteiger partial charge on any atom is -0.462 e. The predicted octanol–water partition coefficient (Wildman–Crippen LogP) is 3.02. The SMILES string of the molecule is CCC(C)OC(=O)C(C)C#Cc1ccccc1. The molecule has 0 aliphatic heterocycles. The zero-order valence-corrected chi connectivity index (χ0v) is 10.6. The molecule has 0 spiro atoms. The molecule has 0 saturated heterocycles. The Bertz CT molecular complexity index is 412. The second-order valence-corrected chi connectivity index (χ2v) is 4.01. The number of ether oxygens (including phenoxy) is 1. The molecule has 0 heterocycles. The molecule has 2 atom stereocenters. The highest BCUT2D eigenvalue weighted by atomic mass is 16.5. The van der Waals surface area contributed by atoms with Crippen molar-refractivity contribution in [2.45, 2.75) is 33.3 Å². The van der Waals surface area contributed by atoms with Crippen LogP contribution in [-0.4, -0.2) is 12.1 Å². The van der Waals surface area contributed by atoms with Gasteiger partial charge in [-0.05, 0) is 32.4 Å². The van der Waals surface area contributed by atoms with Gasteiger partial charge in [0.15, 0.2) is 0 Å². The van der Waals surface area contributed by atoms with Crippen LogP contribution in [0.25, 0.3) is 0 Å². The van der Waals surface area contributed by atoms with Crippen molar-refractivity contribution < 1.29 is 9.53 Å². The van der Waals surface area contributed by atoms with Crippen LogP contribution in [0.1, 0.15) is 32.8 Å². The van der Waals surface area contributed by atoms with E-state index in [1.165, 1.54) is 0 Å². The molecule has 17 heavy (non-hydrogen) atoms. The standard InChI is InChI=1S/C15H18O2/c1-4-13(3)17-15(16)12(2)10-11-14-8-6-5-7-9-14/h5-9,12-13H,4H2,1-3H3. The minimum absolute atomic E-state index is 0.0384. The quantitative estimate of drug-likeness (QED) is 0.589. The van der Waals surface area contributed by atoms with Gasteiger partial charge >= 0.3 is 5.97 Å². The molecule has 2 heteroatoms. The number of carbonyl (C=O) groups excluding carboxylic acids is 1. The summed E-state index contributed by atoms with van der Waals surface area (Å²) >= 11 is 0. The van der Waals surface area contributed by atoms with E-state index in [4.69, 9.17) is 4.74 Å². The summed E-state index contributed by atoms with van der Waals surface area (Å²) in [5.41, 5.74) is 0.913. The fourth-order valence-corrected chi connectivity index (χ4v) is 1.16. The average molecular weight is 230 g/mol. The van der Waals surface area contributed by atoms with Crippen molar-refractivity contribution in [3.8, 4) is 11.8 Å². The molecule has 1 aromatic rings. The normalized spacial score (nSPS) is 13.1. The lowest BCUT2D eigenvalue weighted by Gasteiger charge is -2.11. The third-order valence-corrected chi connectivity index (χ3v) is 2.45. The third-order valence-electron chi connectivity index (χ3n) is 2.45. The first-order valence-corrected chi connectivity index (χ1v) is 5.90. The first-order chi connectivity index (χ1) is 8.13. The Morgan fingerprint density at radius 1 is 1.29 bits per heavy atom. The van der Waals surface area contributed by atoms with Gasteiger partial charge < -0.3 is 4.74 Å². The van der Waals surface area contributed by atoms with E-state index in [1.807, 2.05) is 44.2 Å². The second kappa shape index (κ2) is 6.75. The van der Waals surface area contributed by atoms with Gasteiger partial charge in [-0.1, -0.05) is 37.0 Å². The van der Waals surface area contributed by atoms with Gasteiger partial charge in [0.25, 0.3) is 0 Å². The molecule has 1 rings (SSSR count). The van der Waals surface area contributed by atoms with Gasteiger partial charge in [0.1, 0.15) is 5.92 Å². The number of rotatable bonds is 3. The van der Waals surface area contributed by atoms with Crippen molar-refractivity contribution >= 4 is 5.97 Å². The Balaban J connectivity index is 2.58. The van der Waals surface area contributed by atoms with Gasteiger partial charge in [-0.3, -0.25) is 4.79 Å². The summed E-state index contributed by atoms with van der Waals surface area (Å²) in [7, 11) is 0. The molecule has 0 N–H and O–H groups in total. The van der Waals surface area contributed by atoms with E-state index >= 15 is 0 Å². The highest BCUT2D eigenvalue weighted by Crippen LogP contribution is 2.04. The number of esters is 1. The Kier molecular flexibility index (Phi) is 5.29. The van der Waals surface area contributed by atoms with E-state index in [0.717, 1.165) is 12.0 Å². The van der Waals surface area contributed by atoms with Gasteiger partial charge in [0, 0.05) is 5.56 Å². The van der Waals surface area contributed by atoms with E-state index in [2.05, 4.69) is 11.8 Å². The van der Waals surface area contributed by atoms with Crippen LogP contribution in [0.3, 0.4) is 0 Å². The van der Waals surface area contributed by atoms with Gasteiger partial charge in [0.2, 0.25) is 0 Å². The second-order valence-electron chi connectivity index (χ2n) is 4.01. The maximum Gasteiger partial charge on any atom is 0.321 e. The number of benzene rings is 1. The molecule has 0 bridgehead atoms.